The van der Waals surface area contributed by atoms with Crippen molar-refractivity contribution in [3.8, 4) is 0 Å². The van der Waals surface area contributed by atoms with Gasteiger partial charge in [-0.05, 0) is 82.9 Å². The molecule has 0 saturated heterocycles. The molecule has 6 atom stereocenters. The van der Waals surface area contributed by atoms with Crippen molar-refractivity contribution in [3.63, 3.8) is 0 Å². The topological polar surface area (TPSA) is 397 Å². The summed E-state index contributed by atoms with van der Waals surface area (Å²) in [5.74, 6) is -6.88. The third-order valence-corrected chi connectivity index (χ3v) is 9.01. The summed E-state index contributed by atoms with van der Waals surface area (Å²) in [7, 11) is 0. The first-order chi connectivity index (χ1) is 26.5. The molecule has 0 fully saturated rings. The van der Waals surface area contributed by atoms with Crippen LogP contribution in [0, 0.1) is 0 Å². The van der Waals surface area contributed by atoms with E-state index in [1.807, 2.05) is 0 Å². The van der Waals surface area contributed by atoms with Crippen LogP contribution in [0.1, 0.15) is 64.2 Å². The minimum Gasteiger partial charge on any atom is -0.480 e. The third kappa shape index (κ3) is 22.9. The number of amides is 7. The fourth-order valence-corrected chi connectivity index (χ4v) is 5.55. The summed E-state index contributed by atoms with van der Waals surface area (Å²) in [6.07, 6.45) is 3.39. The summed E-state index contributed by atoms with van der Waals surface area (Å²) in [5, 5.41) is 24.2. The number of nitrogens with one attached hydrogen (secondary N) is 6. The van der Waals surface area contributed by atoms with Gasteiger partial charge in [-0.25, -0.2) is 4.79 Å². The van der Waals surface area contributed by atoms with Crippen molar-refractivity contribution in [1.82, 2.24) is 31.9 Å². The number of carbonyl (C=O) groups excluding carboxylic acids is 7. The molecule has 0 rings (SSSR count). The van der Waals surface area contributed by atoms with Crippen molar-refractivity contribution in [1.29, 1.82) is 0 Å². The lowest BCUT2D eigenvalue weighted by molar-refractivity contribution is -0.142. The molecule has 19 N–H and O–H groups in total. The Morgan fingerprint density at radius 1 is 0.661 bits per heavy atom. The van der Waals surface area contributed by atoms with Gasteiger partial charge in [-0.1, -0.05) is 0 Å². The Morgan fingerprint density at radius 3 is 1.64 bits per heavy atom. The summed E-state index contributed by atoms with van der Waals surface area (Å²) >= 11 is 5.39. The number of carboxylic acid groups (broad SMARTS) is 1. The number of thioether (sulfide) groups is 1. The van der Waals surface area contributed by atoms with Gasteiger partial charge in [0, 0.05) is 12.3 Å². The lowest BCUT2D eigenvalue weighted by Crippen LogP contribution is -2.59. The summed E-state index contributed by atoms with van der Waals surface area (Å²) in [6.45, 7) is 0.0836. The lowest BCUT2D eigenvalue weighted by Gasteiger charge is -2.26. The van der Waals surface area contributed by atoms with Crippen molar-refractivity contribution < 1.29 is 43.5 Å². The molecule has 0 aromatic rings. The zero-order chi connectivity index (χ0) is 42.6. The van der Waals surface area contributed by atoms with Gasteiger partial charge in [0.05, 0.1) is 19.0 Å². The largest absolute Gasteiger partial charge is 0.480 e. The molecule has 24 heteroatoms. The quantitative estimate of drug-likeness (QED) is 0.0134. The van der Waals surface area contributed by atoms with Crippen LogP contribution in [-0.2, 0) is 38.4 Å². The van der Waals surface area contributed by atoms with Gasteiger partial charge in [0.15, 0.2) is 5.96 Å². The van der Waals surface area contributed by atoms with Crippen molar-refractivity contribution in [2.45, 2.75) is 100 Å². The molecule has 0 heterocycles. The number of unbranched alkanes of at least 4 members (excludes halogenated alkanes) is 2. The van der Waals surface area contributed by atoms with Gasteiger partial charge in [0.2, 0.25) is 41.4 Å². The minimum absolute atomic E-state index is 0.00388. The second-order valence-electron chi connectivity index (χ2n) is 12.7. The highest BCUT2D eigenvalue weighted by Crippen LogP contribution is 2.08. The number of nitrogens with zero attached hydrogens (tertiary/aromatic N) is 1. The predicted molar refractivity (Wildman–Crippen MR) is 215 cm³/mol. The highest BCUT2D eigenvalue weighted by atomic mass is 32.2. The number of hydrogen-bond donors (Lipinski definition) is 14. The predicted octanol–water partition coefficient (Wildman–Crippen LogP) is -5.19. The van der Waals surface area contributed by atoms with Crippen LogP contribution in [-0.4, -0.2) is 139 Å². The van der Waals surface area contributed by atoms with Crippen molar-refractivity contribution in [2.75, 3.05) is 43.9 Å². The second-order valence-corrected chi connectivity index (χ2v) is 14.0. The van der Waals surface area contributed by atoms with Crippen molar-refractivity contribution in [2.24, 2.45) is 39.4 Å². The van der Waals surface area contributed by atoms with Crippen LogP contribution in [0.5, 0.6) is 0 Å². The Hall–Kier alpha value is -4.39. The Kier molecular flexibility index (Phi) is 27.5. The monoisotopic (exact) mass is 835 g/mol. The number of hydrogen-bond acceptors (Lipinski definition) is 14. The first-order valence-electron chi connectivity index (χ1n) is 18.1. The molecule has 7 amide bonds. The van der Waals surface area contributed by atoms with E-state index in [1.54, 1.807) is 6.26 Å². The SMILES string of the molecule is CSCC[C@H](NC(=O)[C@@H](N)CS)C(=O)N[C@@H](CC(N)=O)C(=O)N[C@@H](CCCN=C(N)N)C(=O)N[C@@H](CCCCN)C(=O)NCC(=O)N[C@@H](CCCCN)C(=O)O. The molecule has 0 radical (unpaired) electrons. The average molecular weight is 836 g/mol. The van der Waals surface area contributed by atoms with Gasteiger partial charge in [-0.15, -0.1) is 0 Å². The molecule has 0 spiro atoms. The van der Waals surface area contributed by atoms with Crippen LogP contribution in [0.2, 0.25) is 0 Å². The second kappa shape index (κ2) is 29.8. The van der Waals surface area contributed by atoms with E-state index < -0.39 is 96.5 Å². The number of aliphatic carboxylic acids is 1. The molecule has 0 bridgehead atoms. The van der Waals surface area contributed by atoms with Gasteiger partial charge < -0.3 is 71.4 Å². The van der Waals surface area contributed by atoms with Crippen LogP contribution in [0.25, 0.3) is 0 Å². The number of aliphatic imine (C=N–C) groups is 1. The van der Waals surface area contributed by atoms with E-state index in [4.69, 9.17) is 34.4 Å². The molecule has 0 aromatic heterocycles. The first-order valence-corrected chi connectivity index (χ1v) is 20.1. The fourth-order valence-electron chi connectivity index (χ4n) is 4.91. The van der Waals surface area contributed by atoms with E-state index in [-0.39, 0.29) is 56.9 Å². The van der Waals surface area contributed by atoms with E-state index in [0.717, 1.165) is 0 Å². The summed E-state index contributed by atoms with van der Waals surface area (Å²) in [4.78, 5) is 106. The maximum Gasteiger partial charge on any atom is 0.326 e. The standard InChI is InChI=1S/C32H61N13O9S2/c1-56-14-10-21(42-26(48)18(35)17-55)29(51)45-23(15-24(36)46)30(52)44-20(9-6-13-39-32(37)38)28(50)43-19(7-2-4-11-33)27(49)40-16-25(47)41-22(31(53)54)8-3-5-12-34/h18-23,55H,2-17,33-35H2,1H3,(H2,36,46)(H,40,49)(H,41,47)(H,42,48)(H,43,50)(H,44,52)(H,45,51)(H,53,54)(H4,37,38,39)/t18-,19-,20-,21-,22-,23-/m0/s1. The maximum atomic E-state index is 13.7. The molecule has 0 saturated carbocycles. The Labute approximate surface area is 336 Å². The van der Waals surface area contributed by atoms with Crippen LogP contribution in [0.4, 0.5) is 0 Å². The number of guanidine groups is 1. The molecule has 0 aliphatic carbocycles. The maximum absolute atomic E-state index is 13.7. The molecule has 0 aliphatic rings. The molecular formula is C32H61N13O9S2. The Balaban J connectivity index is 6.18. The van der Waals surface area contributed by atoms with E-state index in [9.17, 15) is 43.5 Å². The summed E-state index contributed by atoms with van der Waals surface area (Å²) in [5.41, 5.74) is 33.0. The Bertz CT molecular complexity index is 1320. The lowest BCUT2D eigenvalue weighted by atomic mass is 10.0. The number of thiol groups is 1. The number of primary amides is 1. The van der Waals surface area contributed by atoms with Gasteiger partial charge in [-0.3, -0.25) is 38.6 Å². The number of carboxylic acids is 1. The highest BCUT2D eigenvalue weighted by molar-refractivity contribution is 7.98. The van der Waals surface area contributed by atoms with Crippen LogP contribution in [0.3, 0.4) is 0 Å². The zero-order valence-corrected chi connectivity index (χ0v) is 33.5. The van der Waals surface area contributed by atoms with Gasteiger partial charge >= 0.3 is 5.97 Å². The summed E-state index contributed by atoms with van der Waals surface area (Å²) in [6, 6.07) is -7.57. The van der Waals surface area contributed by atoms with Crippen molar-refractivity contribution in [3.05, 3.63) is 0 Å². The third-order valence-electron chi connectivity index (χ3n) is 7.98. The van der Waals surface area contributed by atoms with E-state index in [1.165, 1.54) is 11.8 Å². The van der Waals surface area contributed by atoms with Crippen LogP contribution in [0.15, 0.2) is 4.99 Å². The average Bonchev–Trinajstić information content (AvgIpc) is 3.14. The molecule has 0 unspecified atom stereocenters. The number of carbonyl (C=O) groups is 8. The highest BCUT2D eigenvalue weighted by Gasteiger charge is 2.32. The molecule has 0 aromatic carbocycles. The van der Waals surface area contributed by atoms with Gasteiger partial charge in [0.25, 0.3) is 0 Å². The van der Waals surface area contributed by atoms with Crippen molar-refractivity contribution >= 4 is 77.7 Å². The molecule has 56 heavy (non-hydrogen) atoms. The van der Waals surface area contributed by atoms with Gasteiger partial charge in [0.1, 0.15) is 30.2 Å². The fraction of sp³-hybridized carbons (Fsp3) is 0.719. The summed E-state index contributed by atoms with van der Waals surface area (Å²) < 4.78 is 0. The van der Waals surface area contributed by atoms with E-state index in [0.29, 0.717) is 38.0 Å². The Morgan fingerprint density at radius 2 is 1.14 bits per heavy atom. The molecule has 320 valence electrons. The van der Waals surface area contributed by atoms with E-state index in [2.05, 4.69) is 49.5 Å². The normalized spacial score (nSPS) is 14.0. The van der Waals surface area contributed by atoms with E-state index >= 15 is 0 Å². The molecule has 22 nitrogen and oxygen atoms in total. The smallest absolute Gasteiger partial charge is 0.326 e. The first kappa shape index (κ1) is 51.6. The zero-order valence-electron chi connectivity index (χ0n) is 31.8. The number of nitrogens with two attached hydrogens (primary N) is 6. The molecular weight excluding hydrogens is 775 g/mol. The van der Waals surface area contributed by atoms with Crippen LogP contribution >= 0.6 is 24.4 Å². The number of rotatable bonds is 31. The minimum atomic E-state index is -1.59. The molecule has 0 aliphatic heterocycles. The van der Waals surface area contributed by atoms with Gasteiger partial charge in [-0.2, -0.15) is 24.4 Å². The van der Waals surface area contributed by atoms with Crippen LogP contribution < -0.4 is 66.3 Å².